The summed E-state index contributed by atoms with van der Waals surface area (Å²) >= 11 is 0. The average Bonchev–Trinajstić information content (AvgIpc) is 2.49. The van der Waals surface area contributed by atoms with Crippen LogP contribution in [0.5, 0.6) is 0 Å². The molecule has 1 heterocycles. The van der Waals surface area contributed by atoms with Gasteiger partial charge < -0.3 is 9.88 Å². The first-order valence-corrected chi connectivity index (χ1v) is 6.17. The van der Waals surface area contributed by atoms with Crippen molar-refractivity contribution in [1.82, 2.24) is 9.88 Å². The molecule has 0 saturated carbocycles. The minimum Gasteiger partial charge on any atom is -0.351 e. The Bertz CT molecular complexity index is 453. The Morgan fingerprint density at radius 1 is 1.39 bits per heavy atom. The molecule has 0 fully saturated rings. The summed E-state index contributed by atoms with van der Waals surface area (Å²) in [5, 5.41) is 2.93. The van der Waals surface area contributed by atoms with Crippen LogP contribution in [0.15, 0.2) is 6.07 Å². The van der Waals surface area contributed by atoms with Crippen molar-refractivity contribution in [2.75, 3.05) is 0 Å². The van der Waals surface area contributed by atoms with Crippen molar-refractivity contribution in [3.63, 3.8) is 0 Å². The fourth-order valence-electron chi connectivity index (χ4n) is 1.99. The SMILES string of the molecule is Cc1cc(C=O)c(C)n1CCC(=O)NC(C)(C)C. The molecule has 100 valence electrons. The van der Waals surface area contributed by atoms with Gasteiger partial charge in [0, 0.05) is 35.5 Å². The Hall–Kier alpha value is -1.58. The van der Waals surface area contributed by atoms with Crippen LogP contribution in [0.3, 0.4) is 0 Å². The molecule has 1 aromatic heterocycles. The third-order valence-electron chi connectivity index (χ3n) is 2.82. The third kappa shape index (κ3) is 3.72. The number of carbonyl (C=O) groups is 2. The van der Waals surface area contributed by atoms with Crippen LogP contribution in [0.2, 0.25) is 0 Å². The molecule has 0 bridgehead atoms. The van der Waals surface area contributed by atoms with Gasteiger partial charge in [-0.15, -0.1) is 0 Å². The van der Waals surface area contributed by atoms with Crippen molar-refractivity contribution in [1.29, 1.82) is 0 Å². The van der Waals surface area contributed by atoms with E-state index in [-0.39, 0.29) is 11.4 Å². The molecule has 1 N–H and O–H groups in total. The number of nitrogens with one attached hydrogen (secondary N) is 1. The Kier molecular flexibility index (Phi) is 4.33. The van der Waals surface area contributed by atoms with Crippen molar-refractivity contribution < 1.29 is 9.59 Å². The van der Waals surface area contributed by atoms with E-state index >= 15 is 0 Å². The molecule has 1 amide bonds. The molecule has 0 aliphatic heterocycles. The summed E-state index contributed by atoms with van der Waals surface area (Å²) in [5.41, 5.74) is 2.43. The number of aldehydes is 1. The number of carbonyl (C=O) groups excluding carboxylic acids is 2. The number of aryl methyl sites for hydroxylation is 1. The van der Waals surface area contributed by atoms with Gasteiger partial charge in [0.05, 0.1) is 0 Å². The zero-order valence-electron chi connectivity index (χ0n) is 11.8. The minimum absolute atomic E-state index is 0.0302. The van der Waals surface area contributed by atoms with Crippen molar-refractivity contribution in [2.45, 2.75) is 53.1 Å². The second-order valence-electron chi connectivity index (χ2n) is 5.64. The quantitative estimate of drug-likeness (QED) is 0.833. The normalized spacial score (nSPS) is 11.4. The number of hydrogen-bond donors (Lipinski definition) is 1. The number of amides is 1. The third-order valence-corrected chi connectivity index (χ3v) is 2.82. The van der Waals surface area contributed by atoms with Crippen LogP contribution < -0.4 is 5.32 Å². The highest BCUT2D eigenvalue weighted by atomic mass is 16.1. The molecule has 0 radical (unpaired) electrons. The lowest BCUT2D eigenvalue weighted by Gasteiger charge is -2.20. The molecule has 4 nitrogen and oxygen atoms in total. The zero-order chi connectivity index (χ0) is 13.9. The lowest BCUT2D eigenvalue weighted by Crippen LogP contribution is -2.40. The van der Waals surface area contributed by atoms with Gasteiger partial charge in [-0.25, -0.2) is 0 Å². The summed E-state index contributed by atoms with van der Waals surface area (Å²) in [6.07, 6.45) is 1.28. The average molecular weight is 250 g/mol. The van der Waals surface area contributed by atoms with Crippen LogP contribution in [0.4, 0.5) is 0 Å². The van der Waals surface area contributed by atoms with E-state index in [0.29, 0.717) is 18.5 Å². The van der Waals surface area contributed by atoms with Gasteiger partial charge >= 0.3 is 0 Å². The largest absolute Gasteiger partial charge is 0.351 e. The summed E-state index contributed by atoms with van der Waals surface area (Å²) in [4.78, 5) is 22.6. The van der Waals surface area contributed by atoms with Crippen molar-refractivity contribution in [2.24, 2.45) is 0 Å². The van der Waals surface area contributed by atoms with E-state index in [1.807, 2.05) is 45.3 Å². The fourth-order valence-corrected chi connectivity index (χ4v) is 1.99. The summed E-state index contributed by atoms with van der Waals surface area (Å²) in [6.45, 7) is 10.3. The Morgan fingerprint density at radius 2 is 2.00 bits per heavy atom. The molecule has 0 unspecified atom stereocenters. The molecule has 1 rings (SSSR count). The lowest BCUT2D eigenvalue weighted by molar-refractivity contribution is -0.122. The Morgan fingerprint density at radius 3 is 2.44 bits per heavy atom. The van der Waals surface area contributed by atoms with Crippen LogP contribution in [-0.2, 0) is 11.3 Å². The second-order valence-corrected chi connectivity index (χ2v) is 5.64. The Labute approximate surface area is 108 Å². The number of aromatic nitrogens is 1. The van der Waals surface area contributed by atoms with Gasteiger partial charge in [-0.05, 0) is 40.7 Å². The van der Waals surface area contributed by atoms with Crippen LogP contribution in [-0.4, -0.2) is 22.3 Å². The number of nitrogens with zero attached hydrogens (tertiary/aromatic N) is 1. The molecular weight excluding hydrogens is 228 g/mol. The summed E-state index contributed by atoms with van der Waals surface area (Å²) in [5.74, 6) is 0.0302. The van der Waals surface area contributed by atoms with E-state index < -0.39 is 0 Å². The van der Waals surface area contributed by atoms with Crippen LogP contribution in [0.1, 0.15) is 48.9 Å². The number of rotatable bonds is 4. The molecular formula is C14H22N2O2. The monoisotopic (exact) mass is 250 g/mol. The van der Waals surface area contributed by atoms with Crippen LogP contribution in [0, 0.1) is 13.8 Å². The molecule has 1 aromatic rings. The van der Waals surface area contributed by atoms with Gasteiger partial charge in [0.25, 0.3) is 0 Å². The predicted octanol–water partition coefficient (Wildman–Crippen LogP) is 2.22. The summed E-state index contributed by atoms with van der Waals surface area (Å²) in [7, 11) is 0. The van der Waals surface area contributed by atoms with Gasteiger partial charge in [-0.2, -0.15) is 0 Å². The van der Waals surface area contributed by atoms with Gasteiger partial charge in [0.15, 0.2) is 6.29 Å². The van der Waals surface area contributed by atoms with Gasteiger partial charge in [-0.1, -0.05) is 0 Å². The van der Waals surface area contributed by atoms with Crippen molar-refractivity contribution >= 4 is 12.2 Å². The van der Waals surface area contributed by atoms with Crippen LogP contribution in [0.25, 0.3) is 0 Å². The molecule has 0 aliphatic carbocycles. The molecule has 4 heteroatoms. The topological polar surface area (TPSA) is 51.1 Å². The van der Waals surface area contributed by atoms with Crippen molar-refractivity contribution in [3.8, 4) is 0 Å². The standard InChI is InChI=1S/C14H22N2O2/c1-10-8-12(9-17)11(2)16(10)7-6-13(18)15-14(3,4)5/h8-9H,6-7H2,1-5H3,(H,15,18). The first kappa shape index (κ1) is 14.5. The molecule has 0 atom stereocenters. The molecule has 18 heavy (non-hydrogen) atoms. The predicted molar refractivity (Wildman–Crippen MR) is 71.8 cm³/mol. The highest BCUT2D eigenvalue weighted by Crippen LogP contribution is 2.13. The maximum atomic E-state index is 11.7. The Balaban J connectivity index is 2.67. The first-order chi connectivity index (χ1) is 8.24. The zero-order valence-corrected chi connectivity index (χ0v) is 11.8. The maximum absolute atomic E-state index is 11.7. The lowest BCUT2D eigenvalue weighted by atomic mass is 10.1. The van der Waals surface area contributed by atoms with E-state index in [1.54, 1.807) is 0 Å². The molecule has 0 spiro atoms. The van der Waals surface area contributed by atoms with E-state index in [0.717, 1.165) is 17.7 Å². The summed E-state index contributed by atoms with van der Waals surface area (Å²) in [6, 6.07) is 1.85. The second kappa shape index (κ2) is 5.38. The molecule has 0 aromatic carbocycles. The number of hydrogen-bond acceptors (Lipinski definition) is 2. The van der Waals surface area contributed by atoms with Crippen molar-refractivity contribution in [3.05, 3.63) is 23.0 Å². The summed E-state index contributed by atoms with van der Waals surface area (Å²) < 4.78 is 2.01. The van der Waals surface area contributed by atoms with Crippen LogP contribution >= 0.6 is 0 Å². The smallest absolute Gasteiger partial charge is 0.222 e. The van der Waals surface area contributed by atoms with E-state index in [9.17, 15) is 9.59 Å². The highest BCUT2D eigenvalue weighted by molar-refractivity contribution is 5.78. The van der Waals surface area contributed by atoms with Gasteiger partial charge in [0.1, 0.15) is 0 Å². The minimum atomic E-state index is -0.203. The van der Waals surface area contributed by atoms with E-state index in [1.165, 1.54) is 0 Å². The molecule has 0 saturated heterocycles. The fraction of sp³-hybridized carbons (Fsp3) is 0.571. The van der Waals surface area contributed by atoms with Gasteiger partial charge in [0.2, 0.25) is 5.91 Å². The van der Waals surface area contributed by atoms with E-state index in [4.69, 9.17) is 0 Å². The highest BCUT2D eigenvalue weighted by Gasteiger charge is 2.14. The molecule has 0 aliphatic rings. The maximum Gasteiger partial charge on any atom is 0.222 e. The first-order valence-electron chi connectivity index (χ1n) is 6.17. The van der Waals surface area contributed by atoms with E-state index in [2.05, 4.69) is 5.32 Å². The van der Waals surface area contributed by atoms with Gasteiger partial charge in [-0.3, -0.25) is 9.59 Å².